The minimum Gasteiger partial charge on any atom is -0.484 e. The fraction of sp³-hybridized carbons (Fsp3) is 0.0714. The molecule has 0 saturated carbocycles. The van der Waals surface area contributed by atoms with Gasteiger partial charge in [-0.15, -0.1) is 0 Å². The largest absolute Gasteiger partial charge is 0.484 e. The Balaban J connectivity index is 1.92. The molecule has 0 aliphatic heterocycles. The van der Waals surface area contributed by atoms with E-state index >= 15 is 0 Å². The first kappa shape index (κ1) is 14.1. The molecule has 0 atom stereocenters. The van der Waals surface area contributed by atoms with Gasteiger partial charge in [-0.3, -0.25) is 4.79 Å². The van der Waals surface area contributed by atoms with E-state index in [9.17, 15) is 9.18 Å². The predicted molar refractivity (Wildman–Crippen MR) is 76.4 cm³/mol. The van der Waals surface area contributed by atoms with Crippen LogP contribution in [0.2, 0.25) is 5.02 Å². The molecule has 104 valence electrons. The van der Waals surface area contributed by atoms with Crippen LogP contribution in [-0.2, 0) is 4.79 Å². The second-order valence-electron chi connectivity index (χ2n) is 4.03. The number of carbonyl (C=O) groups is 1. The number of amides is 1. The average Bonchev–Trinajstić information content (AvgIpc) is 2.42. The molecule has 4 nitrogen and oxygen atoms in total. The lowest BCUT2D eigenvalue weighted by Gasteiger charge is -2.08. The Bertz CT molecular complexity index is 617. The zero-order chi connectivity index (χ0) is 14.5. The number of halogens is 2. The van der Waals surface area contributed by atoms with Crippen LogP contribution in [-0.4, -0.2) is 12.5 Å². The summed E-state index contributed by atoms with van der Waals surface area (Å²) < 4.78 is 18.7. The molecule has 2 aromatic rings. The number of nitrogen functional groups attached to an aromatic ring is 1. The maximum Gasteiger partial charge on any atom is 0.262 e. The van der Waals surface area contributed by atoms with Gasteiger partial charge in [0.2, 0.25) is 0 Å². The Kier molecular flexibility index (Phi) is 4.42. The van der Waals surface area contributed by atoms with E-state index in [1.54, 1.807) is 24.3 Å². The molecule has 0 radical (unpaired) electrons. The van der Waals surface area contributed by atoms with Crippen molar-refractivity contribution in [3.05, 3.63) is 53.3 Å². The highest BCUT2D eigenvalue weighted by Crippen LogP contribution is 2.19. The van der Waals surface area contributed by atoms with Crippen molar-refractivity contribution in [3.63, 3.8) is 0 Å². The van der Waals surface area contributed by atoms with Crippen LogP contribution in [0, 0.1) is 5.82 Å². The topological polar surface area (TPSA) is 64.3 Å². The molecule has 0 bridgehead atoms. The van der Waals surface area contributed by atoms with Gasteiger partial charge in [0, 0.05) is 10.7 Å². The first-order valence-corrected chi connectivity index (χ1v) is 6.15. The van der Waals surface area contributed by atoms with Crippen molar-refractivity contribution < 1.29 is 13.9 Å². The van der Waals surface area contributed by atoms with E-state index in [4.69, 9.17) is 22.1 Å². The zero-order valence-electron chi connectivity index (χ0n) is 10.4. The minimum absolute atomic E-state index is 0.0170. The number of benzene rings is 2. The van der Waals surface area contributed by atoms with Crippen LogP contribution in [0.4, 0.5) is 15.8 Å². The maximum absolute atomic E-state index is 13.4. The van der Waals surface area contributed by atoms with Crippen LogP contribution < -0.4 is 15.8 Å². The lowest BCUT2D eigenvalue weighted by molar-refractivity contribution is -0.118. The average molecular weight is 295 g/mol. The van der Waals surface area contributed by atoms with Crippen LogP contribution in [0.1, 0.15) is 0 Å². The molecule has 2 rings (SSSR count). The van der Waals surface area contributed by atoms with Gasteiger partial charge in [-0.05, 0) is 42.5 Å². The quantitative estimate of drug-likeness (QED) is 0.852. The monoisotopic (exact) mass is 294 g/mol. The van der Waals surface area contributed by atoms with Gasteiger partial charge in [0.1, 0.15) is 11.6 Å². The Morgan fingerprint density at radius 3 is 2.65 bits per heavy atom. The number of carbonyl (C=O) groups excluding carboxylic acids is 1. The summed E-state index contributed by atoms with van der Waals surface area (Å²) in [5.74, 6) is -0.542. The normalized spacial score (nSPS) is 10.1. The summed E-state index contributed by atoms with van der Waals surface area (Å²) in [5.41, 5.74) is 6.14. The number of anilines is 2. The highest BCUT2D eigenvalue weighted by atomic mass is 35.5. The summed E-state index contributed by atoms with van der Waals surface area (Å²) in [6.07, 6.45) is 0. The van der Waals surface area contributed by atoms with Gasteiger partial charge in [0.05, 0.1) is 5.69 Å². The molecule has 20 heavy (non-hydrogen) atoms. The smallest absolute Gasteiger partial charge is 0.262 e. The molecule has 6 heteroatoms. The van der Waals surface area contributed by atoms with Gasteiger partial charge < -0.3 is 15.8 Å². The summed E-state index contributed by atoms with van der Waals surface area (Å²) in [6, 6.07) is 10.5. The van der Waals surface area contributed by atoms with Gasteiger partial charge in [-0.25, -0.2) is 4.39 Å². The fourth-order valence-electron chi connectivity index (χ4n) is 1.49. The van der Waals surface area contributed by atoms with Gasteiger partial charge >= 0.3 is 0 Å². The molecule has 1 amide bonds. The molecular weight excluding hydrogens is 283 g/mol. The standard InChI is InChI=1S/C14H12ClFN2O2/c15-9-1-6-12(16)13(7-9)18-14(19)8-20-11-4-2-10(17)3-5-11/h1-7H,8,17H2,(H,18,19). The minimum atomic E-state index is -0.560. The SMILES string of the molecule is Nc1ccc(OCC(=O)Nc2cc(Cl)ccc2F)cc1. The van der Waals surface area contributed by atoms with Crippen LogP contribution in [0.3, 0.4) is 0 Å². The summed E-state index contributed by atoms with van der Waals surface area (Å²) in [4.78, 5) is 11.6. The van der Waals surface area contributed by atoms with E-state index < -0.39 is 11.7 Å². The van der Waals surface area contributed by atoms with Crippen LogP contribution in [0.25, 0.3) is 0 Å². The van der Waals surface area contributed by atoms with Crippen molar-refractivity contribution in [1.82, 2.24) is 0 Å². The van der Waals surface area contributed by atoms with E-state index in [-0.39, 0.29) is 12.3 Å². The molecule has 0 unspecified atom stereocenters. The second kappa shape index (κ2) is 6.25. The molecule has 0 aliphatic carbocycles. The second-order valence-corrected chi connectivity index (χ2v) is 4.47. The highest BCUT2D eigenvalue weighted by Gasteiger charge is 2.08. The van der Waals surface area contributed by atoms with Gasteiger partial charge in [-0.1, -0.05) is 11.6 Å². The molecule has 0 heterocycles. The zero-order valence-corrected chi connectivity index (χ0v) is 11.2. The third kappa shape index (κ3) is 3.86. The number of hydrogen-bond acceptors (Lipinski definition) is 3. The Morgan fingerprint density at radius 1 is 1.25 bits per heavy atom. The molecule has 2 aromatic carbocycles. The van der Waals surface area contributed by atoms with Crippen molar-refractivity contribution in [1.29, 1.82) is 0 Å². The van der Waals surface area contributed by atoms with Crippen molar-refractivity contribution in [2.75, 3.05) is 17.7 Å². The lowest BCUT2D eigenvalue weighted by Crippen LogP contribution is -2.20. The molecule has 0 aromatic heterocycles. The summed E-state index contributed by atoms with van der Waals surface area (Å²) in [5, 5.41) is 2.72. The van der Waals surface area contributed by atoms with E-state index in [2.05, 4.69) is 5.32 Å². The van der Waals surface area contributed by atoms with Crippen LogP contribution >= 0.6 is 11.6 Å². The van der Waals surface area contributed by atoms with Crippen LogP contribution in [0.15, 0.2) is 42.5 Å². The molecule has 0 fully saturated rings. The Hall–Kier alpha value is -2.27. The first-order valence-electron chi connectivity index (χ1n) is 5.78. The summed E-state index contributed by atoms with van der Waals surface area (Å²) in [7, 11) is 0. The van der Waals surface area contributed by atoms with Crippen molar-refractivity contribution in [2.45, 2.75) is 0 Å². The number of nitrogens with one attached hydrogen (secondary N) is 1. The predicted octanol–water partition coefficient (Wildman–Crippen LogP) is 3.08. The Morgan fingerprint density at radius 2 is 1.95 bits per heavy atom. The van der Waals surface area contributed by atoms with Crippen molar-refractivity contribution in [3.8, 4) is 5.75 Å². The van der Waals surface area contributed by atoms with E-state index in [0.717, 1.165) is 0 Å². The summed E-state index contributed by atoms with van der Waals surface area (Å²) >= 11 is 5.73. The van der Waals surface area contributed by atoms with Gasteiger partial charge in [0.15, 0.2) is 6.61 Å². The first-order chi connectivity index (χ1) is 9.54. The van der Waals surface area contributed by atoms with E-state index in [1.165, 1.54) is 18.2 Å². The fourth-order valence-corrected chi connectivity index (χ4v) is 1.66. The maximum atomic E-state index is 13.4. The molecular formula is C14H12ClFN2O2. The third-order valence-electron chi connectivity index (χ3n) is 2.45. The number of hydrogen-bond donors (Lipinski definition) is 2. The third-order valence-corrected chi connectivity index (χ3v) is 2.69. The van der Waals surface area contributed by atoms with E-state index in [1.807, 2.05) is 0 Å². The van der Waals surface area contributed by atoms with Crippen molar-refractivity contribution in [2.24, 2.45) is 0 Å². The van der Waals surface area contributed by atoms with Crippen LogP contribution in [0.5, 0.6) is 5.75 Å². The van der Waals surface area contributed by atoms with Crippen molar-refractivity contribution >= 4 is 28.9 Å². The molecule has 0 spiro atoms. The Labute approximate surface area is 120 Å². The molecule has 3 N–H and O–H groups in total. The van der Waals surface area contributed by atoms with Gasteiger partial charge in [0.25, 0.3) is 5.91 Å². The van der Waals surface area contributed by atoms with E-state index in [0.29, 0.717) is 16.5 Å². The number of rotatable bonds is 4. The highest BCUT2D eigenvalue weighted by molar-refractivity contribution is 6.30. The lowest BCUT2D eigenvalue weighted by atomic mass is 10.3. The van der Waals surface area contributed by atoms with Gasteiger partial charge in [-0.2, -0.15) is 0 Å². The number of ether oxygens (including phenoxy) is 1. The molecule has 0 aliphatic rings. The number of nitrogens with two attached hydrogens (primary N) is 1. The summed E-state index contributed by atoms with van der Waals surface area (Å²) in [6.45, 7) is -0.240. The molecule has 0 saturated heterocycles.